The van der Waals surface area contributed by atoms with Crippen LogP contribution in [-0.4, -0.2) is 62.6 Å². The summed E-state index contributed by atoms with van der Waals surface area (Å²) in [5.41, 5.74) is 7.15. The van der Waals surface area contributed by atoms with Gasteiger partial charge in [0.05, 0.1) is 42.1 Å². The highest BCUT2D eigenvalue weighted by Gasteiger charge is 2.36. The van der Waals surface area contributed by atoms with Gasteiger partial charge in [-0.15, -0.1) is 0 Å². The topological polar surface area (TPSA) is 137 Å². The summed E-state index contributed by atoms with van der Waals surface area (Å²) in [5.74, 6) is 2.86. The molecule has 2 aromatic heterocycles. The number of aromatic nitrogens is 4. The van der Waals surface area contributed by atoms with Crippen LogP contribution < -0.4 is 15.4 Å². The van der Waals surface area contributed by atoms with Gasteiger partial charge < -0.3 is 35.0 Å². The number of nitrogens with one attached hydrogen (secondary N) is 4. The Morgan fingerprint density at radius 3 is 2.60 bits per heavy atom. The van der Waals surface area contributed by atoms with Crippen molar-refractivity contribution in [2.45, 2.75) is 85.2 Å². The number of ether oxygens (including phenoxy) is 2. The lowest BCUT2D eigenvalue weighted by atomic mass is 9.92. The van der Waals surface area contributed by atoms with Crippen molar-refractivity contribution in [3.05, 3.63) is 65.9 Å². The predicted octanol–water partition coefficient (Wildman–Crippen LogP) is 7.40. The monoisotopic (exact) mass is 677 g/mol. The Hall–Kier alpha value is -4.90. The van der Waals surface area contributed by atoms with Crippen LogP contribution in [0.1, 0.15) is 83.7 Å². The third-order valence-electron chi connectivity index (χ3n) is 10.2. The number of carbonyl (C=O) groups excluding carboxylic acids is 2. The van der Waals surface area contributed by atoms with Crippen molar-refractivity contribution >= 4 is 33.8 Å². The molecule has 0 aliphatic carbocycles. The van der Waals surface area contributed by atoms with Crippen LogP contribution in [0.3, 0.4) is 0 Å². The second kappa shape index (κ2) is 13.4. The number of imidazole rings is 2. The number of H-pyrrole nitrogens is 2. The zero-order valence-electron chi connectivity index (χ0n) is 29.9. The van der Waals surface area contributed by atoms with Crippen molar-refractivity contribution in [1.82, 2.24) is 35.5 Å². The van der Waals surface area contributed by atoms with E-state index < -0.39 is 12.1 Å². The van der Waals surface area contributed by atoms with Crippen LogP contribution >= 0.6 is 0 Å². The van der Waals surface area contributed by atoms with E-state index in [1.807, 2.05) is 51.8 Å². The average molecular weight is 678 g/mol. The first-order valence-electron chi connectivity index (χ1n) is 17.7. The van der Waals surface area contributed by atoms with Crippen LogP contribution in [0.15, 0.2) is 48.7 Å². The van der Waals surface area contributed by atoms with Crippen molar-refractivity contribution in [1.29, 1.82) is 0 Å². The first-order valence-corrected chi connectivity index (χ1v) is 17.7. The van der Waals surface area contributed by atoms with Crippen molar-refractivity contribution in [2.75, 3.05) is 13.7 Å². The second-order valence-electron chi connectivity index (χ2n) is 14.4. The lowest BCUT2D eigenvalue weighted by molar-refractivity contribution is -0.139. The van der Waals surface area contributed by atoms with Gasteiger partial charge in [-0.25, -0.2) is 14.8 Å². The molecule has 11 nitrogen and oxygen atoms in total. The number of fused-ring (bicyclic) bond motifs is 6. The minimum atomic E-state index is -0.734. The van der Waals surface area contributed by atoms with Crippen molar-refractivity contribution in [2.24, 2.45) is 11.8 Å². The maximum Gasteiger partial charge on any atom is 0.407 e. The van der Waals surface area contributed by atoms with Crippen molar-refractivity contribution in [3.63, 3.8) is 0 Å². The lowest BCUT2D eigenvalue weighted by Crippen LogP contribution is -2.54. The number of methoxy groups -OCH3 is 1. The molecule has 50 heavy (non-hydrogen) atoms. The third-order valence-corrected chi connectivity index (χ3v) is 10.2. The highest BCUT2D eigenvalue weighted by atomic mass is 16.5. The van der Waals surface area contributed by atoms with Crippen LogP contribution in [-0.2, 0) is 16.1 Å². The molecule has 0 bridgehead atoms. The van der Waals surface area contributed by atoms with E-state index in [1.54, 1.807) is 0 Å². The van der Waals surface area contributed by atoms with Gasteiger partial charge in [0.25, 0.3) is 0 Å². The van der Waals surface area contributed by atoms with Gasteiger partial charge in [-0.2, -0.15) is 0 Å². The molecule has 0 radical (unpaired) electrons. The summed E-state index contributed by atoms with van der Waals surface area (Å²) >= 11 is 0. The zero-order chi connectivity index (χ0) is 35.3. The molecule has 4 N–H and O–H groups in total. The minimum Gasteiger partial charge on any atom is -0.488 e. The van der Waals surface area contributed by atoms with Gasteiger partial charge in [0.1, 0.15) is 30.0 Å². The molecule has 11 heteroatoms. The Bertz CT molecular complexity index is 2060. The normalized spacial score (nSPS) is 18.2. The number of benzene rings is 3. The van der Waals surface area contributed by atoms with Gasteiger partial charge in [0.15, 0.2) is 0 Å². The summed E-state index contributed by atoms with van der Waals surface area (Å²) < 4.78 is 11.2. The molecule has 3 aromatic carbocycles. The standard InChI is InChI=1S/C39H47N7O4/c1-8-32(46(21(4)5)38(47)34(20(2)3)45-39(48)49-7)37-42-29-12-10-23-15-28-26-11-9-24(31-18-41-36(43-31)30-13-22(6)17-40-30)14-25(26)19-50-33(28)16-27(23)35(29)44-37/h9-12,14-16,18,20-22,30,32,34,40H,8,13,17,19H2,1-7H3,(H,41,43)(H,42,44)(H,45,48). The minimum absolute atomic E-state index is 0.135. The molecule has 0 saturated carbocycles. The molecule has 4 atom stereocenters. The molecule has 4 unspecified atom stereocenters. The van der Waals surface area contributed by atoms with Gasteiger partial charge in [-0.05, 0) is 91.4 Å². The molecule has 4 heterocycles. The van der Waals surface area contributed by atoms with Crippen molar-refractivity contribution in [3.8, 4) is 28.1 Å². The number of hydrogen-bond donors (Lipinski definition) is 4. The Morgan fingerprint density at radius 2 is 1.90 bits per heavy atom. The van der Waals surface area contributed by atoms with Crippen LogP contribution in [0.25, 0.3) is 44.2 Å². The Morgan fingerprint density at radius 1 is 1.08 bits per heavy atom. The molecule has 2 aliphatic heterocycles. The number of amides is 2. The number of hydrogen-bond acceptors (Lipinski definition) is 7. The molecule has 2 aliphatic rings. The van der Waals surface area contributed by atoms with Gasteiger partial charge in [0, 0.05) is 17.0 Å². The van der Waals surface area contributed by atoms with E-state index in [-0.39, 0.29) is 30.0 Å². The largest absolute Gasteiger partial charge is 0.488 e. The fourth-order valence-corrected chi connectivity index (χ4v) is 7.56. The van der Waals surface area contributed by atoms with E-state index in [0.717, 1.165) is 74.3 Å². The molecule has 7 rings (SSSR count). The molecular formula is C39H47N7O4. The van der Waals surface area contributed by atoms with Crippen LogP contribution in [0.5, 0.6) is 5.75 Å². The molecule has 1 saturated heterocycles. The smallest absolute Gasteiger partial charge is 0.407 e. The van der Waals surface area contributed by atoms with E-state index in [9.17, 15) is 9.59 Å². The fraction of sp³-hybridized carbons (Fsp3) is 0.436. The van der Waals surface area contributed by atoms with Gasteiger partial charge in [0.2, 0.25) is 5.91 Å². The summed E-state index contributed by atoms with van der Waals surface area (Å²) in [6.45, 7) is 13.6. The number of rotatable bonds is 9. The summed E-state index contributed by atoms with van der Waals surface area (Å²) in [6.07, 6.45) is 3.03. The maximum absolute atomic E-state index is 14.0. The molecule has 2 amide bonds. The fourth-order valence-electron chi connectivity index (χ4n) is 7.56. The summed E-state index contributed by atoms with van der Waals surface area (Å²) in [4.78, 5) is 44.8. The Balaban J connectivity index is 1.20. The summed E-state index contributed by atoms with van der Waals surface area (Å²) in [7, 11) is 1.30. The maximum atomic E-state index is 14.0. The first kappa shape index (κ1) is 33.6. The SMILES string of the molecule is CCC(c1nc2c(ccc3cc4c(cc32)OCc2cc(-c3cnc(C5CC(C)CN5)[nH]3)ccc2-4)[nH]1)N(C(=O)C(NC(=O)OC)C(C)C)C(C)C. The zero-order valence-corrected chi connectivity index (χ0v) is 29.9. The quantitative estimate of drug-likeness (QED) is 0.128. The van der Waals surface area contributed by atoms with Crippen LogP contribution in [0.4, 0.5) is 4.79 Å². The predicted molar refractivity (Wildman–Crippen MR) is 195 cm³/mol. The summed E-state index contributed by atoms with van der Waals surface area (Å²) in [6, 6.07) is 14.0. The highest BCUT2D eigenvalue weighted by molar-refractivity contribution is 6.07. The van der Waals surface area contributed by atoms with E-state index >= 15 is 0 Å². The number of carbonyl (C=O) groups is 2. The molecule has 1 fully saturated rings. The Kier molecular flexibility index (Phi) is 9.02. The van der Waals surface area contributed by atoms with Gasteiger partial charge >= 0.3 is 6.09 Å². The van der Waals surface area contributed by atoms with Crippen molar-refractivity contribution < 1.29 is 19.1 Å². The number of aromatic amines is 2. The first-order chi connectivity index (χ1) is 24.1. The van der Waals surface area contributed by atoms with E-state index in [1.165, 1.54) is 7.11 Å². The highest BCUT2D eigenvalue weighted by Crippen LogP contribution is 2.43. The summed E-state index contributed by atoms with van der Waals surface area (Å²) in [5, 5.41) is 8.33. The lowest BCUT2D eigenvalue weighted by Gasteiger charge is -2.37. The van der Waals surface area contributed by atoms with Crippen LogP contribution in [0.2, 0.25) is 0 Å². The number of alkyl carbamates (subject to hydrolysis) is 1. The number of nitrogens with zero attached hydrogens (tertiary/aromatic N) is 3. The van der Waals surface area contributed by atoms with E-state index in [4.69, 9.17) is 19.4 Å². The van der Waals surface area contributed by atoms with Gasteiger partial charge in [-0.1, -0.05) is 45.9 Å². The van der Waals surface area contributed by atoms with E-state index in [0.29, 0.717) is 24.8 Å². The van der Waals surface area contributed by atoms with Gasteiger partial charge in [-0.3, -0.25) is 4.79 Å². The van der Waals surface area contributed by atoms with Crippen LogP contribution in [0, 0.1) is 11.8 Å². The molecular weight excluding hydrogens is 630 g/mol. The Labute approximate surface area is 292 Å². The second-order valence-corrected chi connectivity index (χ2v) is 14.4. The molecule has 5 aromatic rings. The van der Waals surface area contributed by atoms with E-state index in [2.05, 4.69) is 63.9 Å². The molecule has 0 spiro atoms. The third kappa shape index (κ3) is 6.08. The molecule has 262 valence electrons. The average Bonchev–Trinajstić information content (AvgIpc) is 3.87.